The van der Waals surface area contributed by atoms with Crippen molar-refractivity contribution in [2.45, 2.75) is 225 Å². The van der Waals surface area contributed by atoms with Crippen LogP contribution >= 0.6 is 7.82 Å². The fourth-order valence-corrected chi connectivity index (χ4v) is 6.96. The zero-order valence-electron chi connectivity index (χ0n) is 33.6. The first-order valence-electron chi connectivity index (χ1n) is 21.5. The molecule has 1 unspecified atom stereocenters. The van der Waals surface area contributed by atoms with Gasteiger partial charge in [-0.15, -0.1) is 0 Å². The van der Waals surface area contributed by atoms with Crippen LogP contribution in [0.2, 0.25) is 0 Å². The van der Waals surface area contributed by atoms with Crippen molar-refractivity contribution in [1.82, 2.24) is 0 Å². The number of unbranched alkanes of at least 4 members (excludes halogenated alkanes) is 27. The van der Waals surface area contributed by atoms with Crippen molar-refractivity contribution >= 4 is 19.8 Å². The molecule has 0 saturated heterocycles. The highest BCUT2D eigenvalue weighted by molar-refractivity contribution is 7.47. The molecular formula is C41H81O10P. The van der Waals surface area contributed by atoms with E-state index in [9.17, 15) is 24.2 Å². The number of ether oxygens (including phenoxy) is 2. The Morgan fingerprint density at radius 3 is 1.19 bits per heavy atom. The van der Waals surface area contributed by atoms with Crippen molar-refractivity contribution < 1.29 is 47.8 Å². The third kappa shape index (κ3) is 37.3. The molecule has 0 aliphatic rings. The highest BCUT2D eigenvalue weighted by Gasteiger charge is 2.27. The van der Waals surface area contributed by atoms with Gasteiger partial charge in [-0.25, -0.2) is 4.57 Å². The van der Waals surface area contributed by atoms with Crippen LogP contribution in [-0.4, -0.2) is 65.7 Å². The van der Waals surface area contributed by atoms with Gasteiger partial charge in [0, 0.05) is 12.8 Å². The van der Waals surface area contributed by atoms with Crippen molar-refractivity contribution in [3.8, 4) is 0 Å². The number of phosphoric ester groups is 1. The van der Waals surface area contributed by atoms with Gasteiger partial charge in [0.05, 0.1) is 19.8 Å². The largest absolute Gasteiger partial charge is 0.472 e. The summed E-state index contributed by atoms with van der Waals surface area (Å²) in [5.74, 6) is -0.916. The van der Waals surface area contributed by atoms with Crippen LogP contribution in [-0.2, 0) is 32.7 Å². The van der Waals surface area contributed by atoms with Crippen molar-refractivity contribution in [3.05, 3.63) is 0 Å². The number of esters is 2. The molecule has 0 amide bonds. The lowest BCUT2D eigenvalue weighted by Crippen LogP contribution is -2.29. The second-order valence-electron chi connectivity index (χ2n) is 14.7. The van der Waals surface area contributed by atoms with Gasteiger partial charge in [0.2, 0.25) is 0 Å². The van der Waals surface area contributed by atoms with Crippen LogP contribution < -0.4 is 0 Å². The van der Waals surface area contributed by atoms with Crippen LogP contribution in [0.1, 0.15) is 213 Å². The van der Waals surface area contributed by atoms with Crippen molar-refractivity contribution in [2.75, 3.05) is 26.4 Å². The minimum Gasteiger partial charge on any atom is -0.462 e. The smallest absolute Gasteiger partial charge is 0.462 e. The van der Waals surface area contributed by atoms with E-state index in [0.29, 0.717) is 12.8 Å². The number of aliphatic hydroxyl groups excluding tert-OH is 2. The Morgan fingerprint density at radius 1 is 0.500 bits per heavy atom. The Kier molecular flexibility index (Phi) is 37.5. The number of rotatable bonds is 41. The number of hydrogen-bond donors (Lipinski definition) is 3. The molecular weight excluding hydrogens is 683 g/mol. The van der Waals surface area contributed by atoms with Gasteiger partial charge in [0.25, 0.3) is 0 Å². The average molecular weight is 765 g/mol. The minimum absolute atomic E-state index is 0.189. The Bertz CT molecular complexity index is 842. The van der Waals surface area contributed by atoms with E-state index >= 15 is 0 Å². The minimum atomic E-state index is -4.60. The molecule has 0 aliphatic heterocycles. The van der Waals surface area contributed by atoms with Crippen molar-refractivity contribution in [3.63, 3.8) is 0 Å². The van der Waals surface area contributed by atoms with Crippen LogP contribution in [0.25, 0.3) is 0 Å². The quantitative estimate of drug-likeness (QED) is 0.0312. The molecule has 3 atom stereocenters. The molecule has 0 aliphatic carbocycles. The van der Waals surface area contributed by atoms with Crippen molar-refractivity contribution in [2.24, 2.45) is 0 Å². The van der Waals surface area contributed by atoms with Gasteiger partial charge in [-0.3, -0.25) is 18.6 Å². The summed E-state index contributed by atoms with van der Waals surface area (Å²) in [7, 11) is -4.60. The Labute approximate surface area is 318 Å². The molecule has 3 N–H and O–H groups in total. The second-order valence-corrected chi connectivity index (χ2v) is 16.2. The molecule has 0 aromatic carbocycles. The summed E-state index contributed by atoms with van der Waals surface area (Å²) in [5.41, 5.74) is 0. The first-order chi connectivity index (χ1) is 25.2. The van der Waals surface area contributed by atoms with Crippen LogP contribution in [0.4, 0.5) is 0 Å². The van der Waals surface area contributed by atoms with Gasteiger partial charge in [0.15, 0.2) is 6.10 Å². The molecule has 10 nitrogen and oxygen atoms in total. The fourth-order valence-electron chi connectivity index (χ4n) is 6.17. The summed E-state index contributed by atoms with van der Waals surface area (Å²) < 4.78 is 32.6. The first kappa shape index (κ1) is 51.0. The number of aliphatic hydroxyl groups is 2. The maximum atomic E-state index is 12.5. The van der Waals surface area contributed by atoms with E-state index in [2.05, 4.69) is 18.4 Å². The summed E-state index contributed by atoms with van der Waals surface area (Å²) in [6, 6.07) is 0. The second kappa shape index (κ2) is 38.3. The molecule has 0 heterocycles. The average Bonchev–Trinajstić information content (AvgIpc) is 3.13. The first-order valence-corrected chi connectivity index (χ1v) is 23.0. The third-order valence-corrected chi connectivity index (χ3v) is 10.5. The van der Waals surface area contributed by atoms with E-state index in [1.54, 1.807) is 0 Å². The standard InChI is InChI=1S/C41H81O10P/c1-3-5-7-9-11-13-14-15-16-17-18-19-20-21-22-23-24-25-27-28-30-32-40(44)48-36-39(37-50-52(46,47)49-35-38(43)34-42)51-41(45)33-31-29-26-12-10-8-6-4-2/h38-39,42-43H,3-37H2,1-2H3,(H,46,47)/t38-,39+/m1/s1. The molecule has 0 rings (SSSR count). The van der Waals surface area contributed by atoms with Gasteiger partial charge < -0.3 is 24.6 Å². The van der Waals surface area contributed by atoms with E-state index in [-0.39, 0.29) is 19.4 Å². The Hall–Kier alpha value is -1.03. The van der Waals surface area contributed by atoms with Gasteiger partial charge in [0.1, 0.15) is 12.7 Å². The number of phosphoric acid groups is 1. The summed E-state index contributed by atoms with van der Waals surface area (Å²) in [4.78, 5) is 34.8. The van der Waals surface area contributed by atoms with Gasteiger partial charge in [-0.1, -0.05) is 187 Å². The zero-order chi connectivity index (χ0) is 38.4. The van der Waals surface area contributed by atoms with Crippen LogP contribution in [0, 0.1) is 0 Å². The normalized spacial score (nSPS) is 13.9. The highest BCUT2D eigenvalue weighted by atomic mass is 31.2. The molecule has 0 spiro atoms. The molecule has 0 fully saturated rings. The maximum Gasteiger partial charge on any atom is 0.472 e. The molecule has 0 aromatic heterocycles. The summed E-state index contributed by atoms with van der Waals surface area (Å²) in [5, 5.41) is 18.3. The zero-order valence-corrected chi connectivity index (χ0v) is 34.4. The molecule has 11 heteroatoms. The van der Waals surface area contributed by atoms with Crippen molar-refractivity contribution in [1.29, 1.82) is 0 Å². The predicted molar refractivity (Wildman–Crippen MR) is 210 cm³/mol. The summed E-state index contributed by atoms with van der Waals surface area (Å²) in [6.07, 6.45) is 33.8. The third-order valence-electron chi connectivity index (χ3n) is 9.51. The molecule has 0 aromatic rings. The van der Waals surface area contributed by atoms with Gasteiger partial charge in [-0.2, -0.15) is 0 Å². The SMILES string of the molecule is CCCCCCCCCCCCCCCCCCCCCCCC(=O)OC[C@@H](COP(=O)(O)OC[C@H](O)CO)OC(=O)CCCCCCCCCC. The maximum absolute atomic E-state index is 12.5. The van der Waals surface area contributed by atoms with Crippen LogP contribution in [0.3, 0.4) is 0 Å². The van der Waals surface area contributed by atoms with Crippen LogP contribution in [0.5, 0.6) is 0 Å². The Balaban J connectivity index is 4.07. The van der Waals surface area contributed by atoms with E-state index in [0.717, 1.165) is 32.1 Å². The molecule has 0 saturated carbocycles. The number of hydrogen-bond acceptors (Lipinski definition) is 9. The molecule has 0 radical (unpaired) electrons. The molecule has 0 bridgehead atoms. The summed E-state index contributed by atoms with van der Waals surface area (Å²) >= 11 is 0. The number of carbonyl (C=O) groups is 2. The van der Waals surface area contributed by atoms with Gasteiger partial charge in [-0.05, 0) is 12.8 Å². The lowest BCUT2D eigenvalue weighted by atomic mass is 10.0. The monoisotopic (exact) mass is 765 g/mol. The van der Waals surface area contributed by atoms with E-state index in [1.165, 1.54) is 141 Å². The van der Waals surface area contributed by atoms with E-state index in [1.807, 2.05) is 0 Å². The number of carbonyl (C=O) groups excluding carboxylic acids is 2. The van der Waals surface area contributed by atoms with E-state index < -0.39 is 51.8 Å². The summed E-state index contributed by atoms with van der Waals surface area (Å²) in [6.45, 7) is 2.37. The van der Waals surface area contributed by atoms with Crippen LogP contribution in [0.15, 0.2) is 0 Å². The molecule has 310 valence electrons. The topological polar surface area (TPSA) is 149 Å². The molecule has 52 heavy (non-hydrogen) atoms. The lowest BCUT2D eigenvalue weighted by Gasteiger charge is -2.20. The lowest BCUT2D eigenvalue weighted by molar-refractivity contribution is -0.161. The van der Waals surface area contributed by atoms with Gasteiger partial charge >= 0.3 is 19.8 Å². The van der Waals surface area contributed by atoms with E-state index in [4.69, 9.17) is 19.1 Å². The predicted octanol–water partition coefficient (Wildman–Crippen LogP) is 11.1. The Morgan fingerprint density at radius 2 is 0.827 bits per heavy atom. The highest BCUT2D eigenvalue weighted by Crippen LogP contribution is 2.43. The fraction of sp³-hybridized carbons (Fsp3) is 0.951.